The van der Waals surface area contributed by atoms with E-state index in [1.54, 1.807) is 0 Å². The molecule has 0 aromatic heterocycles. The van der Waals surface area contributed by atoms with Gasteiger partial charge >= 0.3 is 0 Å². The van der Waals surface area contributed by atoms with Gasteiger partial charge in [-0.2, -0.15) is 0 Å². The van der Waals surface area contributed by atoms with E-state index in [9.17, 15) is 0 Å². The molecule has 0 N–H and O–H groups in total. The molecular formula is C44H44N2. The van der Waals surface area contributed by atoms with E-state index in [0.29, 0.717) is 0 Å². The summed E-state index contributed by atoms with van der Waals surface area (Å²) in [5, 5.41) is 0. The standard InChI is InChI=1S/C44H44N2/c1-29-9-17-39(18-10-29)45(41-21-13-31(3)25-33(41)5)43-23-15-37(27-35(43)7)38-16-24-44(36(8)28-38)46(40-19-11-30(2)12-20-40)42-22-14-32(4)26-34(42)6/h9-28H,1-8H3. The highest BCUT2D eigenvalue weighted by Crippen LogP contribution is 2.42. The quantitative estimate of drug-likeness (QED) is 0.180. The number of aryl methyl sites for hydroxylation is 8. The molecule has 0 saturated heterocycles. The summed E-state index contributed by atoms with van der Waals surface area (Å²) in [6, 6.07) is 44.8. The summed E-state index contributed by atoms with van der Waals surface area (Å²) in [7, 11) is 0. The molecule has 0 aliphatic heterocycles. The van der Waals surface area contributed by atoms with Gasteiger partial charge in [-0.05, 0) is 149 Å². The largest absolute Gasteiger partial charge is 0.310 e. The van der Waals surface area contributed by atoms with E-state index in [-0.39, 0.29) is 0 Å². The van der Waals surface area contributed by atoms with E-state index in [4.69, 9.17) is 0 Å². The number of hydrogen-bond donors (Lipinski definition) is 0. The normalized spacial score (nSPS) is 11.0. The molecule has 0 spiro atoms. The number of nitrogens with zero attached hydrogens (tertiary/aromatic N) is 2. The monoisotopic (exact) mass is 600 g/mol. The minimum absolute atomic E-state index is 1.16. The Hall–Kier alpha value is -5.08. The van der Waals surface area contributed by atoms with Gasteiger partial charge in [0.1, 0.15) is 0 Å². The van der Waals surface area contributed by atoms with E-state index in [1.807, 2.05) is 0 Å². The fourth-order valence-electron chi connectivity index (χ4n) is 6.49. The number of anilines is 6. The van der Waals surface area contributed by atoms with Crippen molar-refractivity contribution in [3.63, 3.8) is 0 Å². The summed E-state index contributed by atoms with van der Waals surface area (Å²) in [6.07, 6.45) is 0. The fourth-order valence-corrected chi connectivity index (χ4v) is 6.49. The third-order valence-corrected chi connectivity index (χ3v) is 8.98. The Morgan fingerprint density at radius 2 is 0.565 bits per heavy atom. The Bertz CT molecular complexity index is 1870. The summed E-state index contributed by atoms with van der Waals surface area (Å²) in [5.41, 5.74) is 19.6. The topological polar surface area (TPSA) is 6.48 Å². The Labute approximate surface area is 275 Å². The number of rotatable bonds is 7. The van der Waals surface area contributed by atoms with Gasteiger partial charge in [-0.25, -0.2) is 0 Å². The zero-order chi connectivity index (χ0) is 32.5. The van der Waals surface area contributed by atoms with Crippen molar-refractivity contribution in [1.29, 1.82) is 0 Å². The van der Waals surface area contributed by atoms with Crippen LogP contribution >= 0.6 is 0 Å². The molecule has 0 fully saturated rings. The summed E-state index contributed by atoms with van der Waals surface area (Å²) >= 11 is 0. The van der Waals surface area contributed by atoms with Gasteiger partial charge in [0.15, 0.2) is 0 Å². The van der Waals surface area contributed by atoms with Crippen LogP contribution in [0.15, 0.2) is 121 Å². The van der Waals surface area contributed by atoms with Crippen LogP contribution in [0.2, 0.25) is 0 Å². The Kier molecular flexibility index (Phi) is 8.56. The van der Waals surface area contributed by atoms with E-state index < -0.39 is 0 Å². The molecule has 0 radical (unpaired) electrons. The Morgan fingerprint density at radius 3 is 0.870 bits per heavy atom. The van der Waals surface area contributed by atoms with Gasteiger partial charge in [0.25, 0.3) is 0 Å². The third-order valence-electron chi connectivity index (χ3n) is 8.98. The predicted molar refractivity (Wildman–Crippen MR) is 199 cm³/mol. The smallest absolute Gasteiger partial charge is 0.0491 e. The van der Waals surface area contributed by atoms with E-state index >= 15 is 0 Å². The second kappa shape index (κ2) is 12.7. The van der Waals surface area contributed by atoms with Gasteiger partial charge in [-0.1, -0.05) is 82.9 Å². The van der Waals surface area contributed by atoms with Crippen molar-refractivity contribution >= 4 is 34.1 Å². The molecule has 0 atom stereocenters. The first-order valence-corrected chi connectivity index (χ1v) is 16.2. The highest BCUT2D eigenvalue weighted by atomic mass is 15.2. The minimum atomic E-state index is 1.16. The zero-order valence-electron chi connectivity index (χ0n) is 28.4. The van der Waals surface area contributed by atoms with Crippen molar-refractivity contribution in [3.8, 4) is 11.1 Å². The molecule has 6 aromatic carbocycles. The van der Waals surface area contributed by atoms with Crippen molar-refractivity contribution in [2.75, 3.05) is 9.80 Å². The van der Waals surface area contributed by atoms with Crippen molar-refractivity contribution in [2.45, 2.75) is 55.4 Å². The van der Waals surface area contributed by atoms with Crippen molar-refractivity contribution in [2.24, 2.45) is 0 Å². The second-order valence-corrected chi connectivity index (χ2v) is 12.9. The summed E-state index contributed by atoms with van der Waals surface area (Å²) in [5.74, 6) is 0. The van der Waals surface area contributed by atoms with E-state index in [0.717, 1.165) is 11.4 Å². The molecular weight excluding hydrogens is 556 g/mol. The maximum atomic E-state index is 2.39. The average Bonchev–Trinajstić information content (AvgIpc) is 3.02. The molecule has 0 saturated carbocycles. The van der Waals surface area contributed by atoms with Crippen LogP contribution in [0.3, 0.4) is 0 Å². The SMILES string of the molecule is Cc1ccc(N(c2ccc(C)cc2C)c2ccc(-c3ccc(N(c4ccc(C)cc4)c4ccc(C)cc4C)c(C)c3)cc2C)cc1. The molecule has 2 nitrogen and oxygen atoms in total. The van der Waals surface area contributed by atoms with Gasteiger partial charge < -0.3 is 9.80 Å². The van der Waals surface area contributed by atoms with Gasteiger partial charge in [-0.3, -0.25) is 0 Å². The first kappa shape index (κ1) is 30.9. The van der Waals surface area contributed by atoms with Crippen molar-refractivity contribution in [3.05, 3.63) is 166 Å². The summed E-state index contributed by atoms with van der Waals surface area (Å²) in [4.78, 5) is 4.79. The lowest BCUT2D eigenvalue weighted by molar-refractivity contribution is 1.21. The molecule has 46 heavy (non-hydrogen) atoms. The molecule has 0 aliphatic carbocycles. The second-order valence-electron chi connectivity index (χ2n) is 12.9. The average molecular weight is 601 g/mol. The minimum Gasteiger partial charge on any atom is -0.310 e. The van der Waals surface area contributed by atoms with E-state index in [1.165, 1.54) is 78.4 Å². The third kappa shape index (κ3) is 6.21. The van der Waals surface area contributed by atoms with Crippen LogP contribution in [0.1, 0.15) is 44.5 Å². The molecule has 2 heteroatoms. The first-order valence-electron chi connectivity index (χ1n) is 16.2. The lowest BCUT2D eigenvalue weighted by atomic mass is 9.98. The van der Waals surface area contributed by atoms with Crippen LogP contribution in [0.4, 0.5) is 34.1 Å². The maximum Gasteiger partial charge on any atom is 0.0491 e. The molecule has 6 rings (SSSR count). The highest BCUT2D eigenvalue weighted by Gasteiger charge is 2.19. The molecule has 6 aromatic rings. The van der Waals surface area contributed by atoms with E-state index in [2.05, 4.69) is 187 Å². The lowest BCUT2D eigenvalue weighted by Gasteiger charge is -2.30. The first-order chi connectivity index (χ1) is 22.1. The maximum absolute atomic E-state index is 2.39. The van der Waals surface area contributed by atoms with Crippen LogP contribution < -0.4 is 9.80 Å². The number of benzene rings is 6. The molecule has 0 heterocycles. The molecule has 0 bridgehead atoms. The predicted octanol–water partition coefficient (Wildman–Crippen LogP) is 12.8. The fraction of sp³-hybridized carbons (Fsp3) is 0.182. The van der Waals surface area contributed by atoms with Gasteiger partial charge in [0.05, 0.1) is 0 Å². The van der Waals surface area contributed by atoms with Crippen LogP contribution in [0.25, 0.3) is 11.1 Å². The Balaban J connectivity index is 1.41. The van der Waals surface area contributed by atoms with Crippen LogP contribution in [0, 0.1) is 55.4 Å². The number of hydrogen-bond acceptors (Lipinski definition) is 2. The lowest BCUT2D eigenvalue weighted by Crippen LogP contribution is -2.13. The zero-order valence-corrected chi connectivity index (χ0v) is 28.4. The van der Waals surface area contributed by atoms with Crippen LogP contribution in [-0.4, -0.2) is 0 Å². The summed E-state index contributed by atoms with van der Waals surface area (Å²) < 4.78 is 0. The van der Waals surface area contributed by atoms with Gasteiger partial charge in [0, 0.05) is 34.1 Å². The van der Waals surface area contributed by atoms with Crippen molar-refractivity contribution < 1.29 is 0 Å². The molecule has 0 unspecified atom stereocenters. The van der Waals surface area contributed by atoms with Crippen LogP contribution in [-0.2, 0) is 0 Å². The van der Waals surface area contributed by atoms with Crippen molar-refractivity contribution in [1.82, 2.24) is 0 Å². The molecule has 0 aliphatic rings. The highest BCUT2D eigenvalue weighted by molar-refractivity contribution is 5.84. The van der Waals surface area contributed by atoms with Gasteiger partial charge in [0.2, 0.25) is 0 Å². The van der Waals surface area contributed by atoms with Crippen LogP contribution in [0.5, 0.6) is 0 Å². The van der Waals surface area contributed by atoms with Gasteiger partial charge in [-0.15, -0.1) is 0 Å². The molecule has 0 amide bonds. The molecule has 230 valence electrons. The Morgan fingerprint density at radius 1 is 0.283 bits per heavy atom. The summed E-state index contributed by atoms with van der Waals surface area (Å²) in [6.45, 7) is 17.4.